The van der Waals surface area contributed by atoms with E-state index in [1.807, 2.05) is 31.4 Å². The van der Waals surface area contributed by atoms with Gasteiger partial charge < -0.3 is 14.5 Å². The standard InChI is InChI=1S/C15H22N2O3S/c1-3-16(4-2)15(19)17-7-8-20-11-12(17)10-13(18)14-6-5-9-21-14/h5-6,9,12H,3-4,7-8,10-11H2,1-2H3/t12-/m1/s1. The number of carbonyl (C=O) groups is 2. The molecule has 21 heavy (non-hydrogen) atoms. The minimum absolute atomic E-state index is 0.00674. The molecule has 1 saturated heterocycles. The summed E-state index contributed by atoms with van der Waals surface area (Å²) < 4.78 is 5.47. The molecular formula is C15H22N2O3S. The lowest BCUT2D eigenvalue weighted by atomic mass is 10.1. The van der Waals surface area contributed by atoms with Crippen molar-refractivity contribution < 1.29 is 14.3 Å². The van der Waals surface area contributed by atoms with Crippen molar-refractivity contribution >= 4 is 23.2 Å². The summed E-state index contributed by atoms with van der Waals surface area (Å²) in [6, 6.07) is 3.54. The number of urea groups is 1. The van der Waals surface area contributed by atoms with Crippen molar-refractivity contribution in [3.05, 3.63) is 22.4 Å². The van der Waals surface area contributed by atoms with Gasteiger partial charge in [-0.15, -0.1) is 11.3 Å². The molecule has 0 aromatic carbocycles. The second-order valence-corrected chi connectivity index (χ2v) is 5.93. The van der Waals surface area contributed by atoms with Gasteiger partial charge in [-0.25, -0.2) is 4.79 Å². The fourth-order valence-electron chi connectivity index (χ4n) is 2.50. The van der Waals surface area contributed by atoms with Crippen LogP contribution in [0.4, 0.5) is 4.79 Å². The normalized spacial score (nSPS) is 18.6. The molecule has 2 rings (SSSR count). The third-order valence-electron chi connectivity index (χ3n) is 3.72. The Labute approximate surface area is 129 Å². The van der Waals surface area contributed by atoms with E-state index in [-0.39, 0.29) is 17.9 Å². The van der Waals surface area contributed by atoms with Gasteiger partial charge in [-0.2, -0.15) is 0 Å². The van der Waals surface area contributed by atoms with Crippen LogP contribution in [0.5, 0.6) is 0 Å². The third-order valence-corrected chi connectivity index (χ3v) is 4.64. The fourth-order valence-corrected chi connectivity index (χ4v) is 3.18. The summed E-state index contributed by atoms with van der Waals surface area (Å²) in [7, 11) is 0. The maximum Gasteiger partial charge on any atom is 0.320 e. The lowest BCUT2D eigenvalue weighted by molar-refractivity contribution is 0.00321. The molecule has 0 bridgehead atoms. The van der Waals surface area contributed by atoms with Gasteiger partial charge in [0.2, 0.25) is 0 Å². The molecule has 1 aromatic heterocycles. The molecular weight excluding hydrogens is 288 g/mol. The van der Waals surface area contributed by atoms with E-state index in [4.69, 9.17) is 4.74 Å². The van der Waals surface area contributed by atoms with Crippen molar-refractivity contribution in [2.75, 3.05) is 32.8 Å². The van der Waals surface area contributed by atoms with Crippen LogP contribution in [0.1, 0.15) is 29.9 Å². The Kier molecular flexibility index (Phi) is 5.76. The van der Waals surface area contributed by atoms with Gasteiger partial charge >= 0.3 is 6.03 Å². The molecule has 6 heteroatoms. The van der Waals surface area contributed by atoms with Crippen molar-refractivity contribution in [3.8, 4) is 0 Å². The first-order valence-corrected chi connectivity index (χ1v) is 8.25. The Balaban J connectivity index is 2.05. The van der Waals surface area contributed by atoms with Crippen LogP contribution in [0, 0.1) is 0 Å². The molecule has 2 amide bonds. The van der Waals surface area contributed by atoms with Crippen LogP contribution in [0.15, 0.2) is 17.5 Å². The van der Waals surface area contributed by atoms with E-state index in [1.165, 1.54) is 11.3 Å². The molecule has 1 atom stereocenters. The number of hydrogen-bond donors (Lipinski definition) is 0. The highest BCUT2D eigenvalue weighted by Gasteiger charge is 2.31. The zero-order valence-electron chi connectivity index (χ0n) is 12.6. The molecule has 2 heterocycles. The predicted molar refractivity (Wildman–Crippen MR) is 82.9 cm³/mol. The van der Waals surface area contributed by atoms with Gasteiger partial charge in [0, 0.05) is 26.1 Å². The SMILES string of the molecule is CCN(CC)C(=O)N1CCOC[C@H]1CC(=O)c1cccs1. The molecule has 0 radical (unpaired) electrons. The number of rotatable bonds is 5. The number of thiophene rings is 1. The van der Waals surface area contributed by atoms with Crippen LogP contribution in [-0.2, 0) is 4.74 Å². The molecule has 116 valence electrons. The monoisotopic (exact) mass is 310 g/mol. The maximum absolute atomic E-state index is 12.5. The fraction of sp³-hybridized carbons (Fsp3) is 0.600. The van der Waals surface area contributed by atoms with Crippen molar-refractivity contribution in [1.29, 1.82) is 0 Å². The Bertz CT molecular complexity index is 471. The van der Waals surface area contributed by atoms with E-state index in [9.17, 15) is 9.59 Å². The highest BCUT2D eigenvalue weighted by Crippen LogP contribution is 2.18. The molecule has 0 spiro atoms. The first-order chi connectivity index (χ1) is 10.2. The van der Waals surface area contributed by atoms with E-state index in [1.54, 1.807) is 9.80 Å². The molecule has 0 saturated carbocycles. The van der Waals surface area contributed by atoms with Gasteiger partial charge in [-0.1, -0.05) is 6.07 Å². The zero-order valence-corrected chi connectivity index (χ0v) is 13.4. The van der Waals surface area contributed by atoms with Gasteiger partial charge in [0.1, 0.15) is 0 Å². The number of morpholine rings is 1. The Hall–Kier alpha value is -1.40. The molecule has 0 aliphatic carbocycles. The summed E-state index contributed by atoms with van der Waals surface area (Å²) in [4.78, 5) is 29.1. The van der Waals surface area contributed by atoms with E-state index >= 15 is 0 Å². The molecule has 1 aliphatic heterocycles. The number of amides is 2. The van der Waals surface area contributed by atoms with Crippen LogP contribution in [-0.4, -0.2) is 60.5 Å². The summed E-state index contributed by atoms with van der Waals surface area (Å²) in [5.41, 5.74) is 0. The van der Waals surface area contributed by atoms with Gasteiger partial charge in [-0.3, -0.25) is 4.79 Å². The molecule has 1 fully saturated rings. The van der Waals surface area contributed by atoms with Crippen molar-refractivity contribution in [1.82, 2.24) is 9.80 Å². The number of nitrogens with zero attached hydrogens (tertiary/aromatic N) is 2. The molecule has 0 unspecified atom stereocenters. The first-order valence-electron chi connectivity index (χ1n) is 7.37. The maximum atomic E-state index is 12.5. The summed E-state index contributed by atoms with van der Waals surface area (Å²) in [5.74, 6) is 0.0813. The highest BCUT2D eigenvalue weighted by molar-refractivity contribution is 7.12. The Morgan fingerprint density at radius 1 is 1.43 bits per heavy atom. The van der Waals surface area contributed by atoms with Crippen LogP contribution in [0.3, 0.4) is 0 Å². The summed E-state index contributed by atoms with van der Waals surface area (Å²) in [5, 5.41) is 1.89. The lowest BCUT2D eigenvalue weighted by Crippen LogP contribution is -2.54. The largest absolute Gasteiger partial charge is 0.377 e. The van der Waals surface area contributed by atoms with E-state index < -0.39 is 0 Å². The van der Waals surface area contributed by atoms with Crippen molar-refractivity contribution in [2.45, 2.75) is 26.3 Å². The summed E-state index contributed by atoms with van der Waals surface area (Å²) >= 11 is 1.44. The summed E-state index contributed by atoms with van der Waals surface area (Å²) in [6.07, 6.45) is 0.327. The Morgan fingerprint density at radius 3 is 2.81 bits per heavy atom. The number of carbonyl (C=O) groups excluding carboxylic acids is 2. The predicted octanol–water partition coefficient (Wildman–Crippen LogP) is 2.48. The second kappa shape index (κ2) is 7.56. The topological polar surface area (TPSA) is 49.9 Å². The van der Waals surface area contributed by atoms with Crippen molar-refractivity contribution in [2.24, 2.45) is 0 Å². The first kappa shape index (κ1) is 16.0. The van der Waals surface area contributed by atoms with Gasteiger partial charge in [0.25, 0.3) is 0 Å². The van der Waals surface area contributed by atoms with Gasteiger partial charge in [-0.05, 0) is 25.3 Å². The van der Waals surface area contributed by atoms with E-state index in [0.717, 1.165) is 4.88 Å². The van der Waals surface area contributed by atoms with Gasteiger partial charge in [0.05, 0.1) is 24.1 Å². The average Bonchev–Trinajstić information content (AvgIpc) is 3.03. The van der Waals surface area contributed by atoms with Crippen LogP contribution >= 0.6 is 11.3 Å². The number of hydrogen-bond acceptors (Lipinski definition) is 4. The minimum atomic E-state index is -0.165. The Morgan fingerprint density at radius 2 is 2.19 bits per heavy atom. The second-order valence-electron chi connectivity index (χ2n) is 4.98. The van der Waals surface area contributed by atoms with E-state index in [0.29, 0.717) is 39.3 Å². The molecule has 1 aliphatic rings. The van der Waals surface area contributed by atoms with Crippen LogP contribution < -0.4 is 0 Å². The molecule has 0 N–H and O–H groups in total. The number of Topliss-reactive ketones (excluding diaryl/α,β-unsaturated/α-hetero) is 1. The van der Waals surface area contributed by atoms with E-state index in [2.05, 4.69) is 0 Å². The smallest absolute Gasteiger partial charge is 0.320 e. The molecule has 1 aromatic rings. The quantitative estimate of drug-likeness (QED) is 0.785. The lowest BCUT2D eigenvalue weighted by Gasteiger charge is -2.38. The number of ketones is 1. The zero-order chi connectivity index (χ0) is 15.2. The minimum Gasteiger partial charge on any atom is -0.377 e. The highest BCUT2D eigenvalue weighted by atomic mass is 32.1. The van der Waals surface area contributed by atoms with Gasteiger partial charge in [0.15, 0.2) is 5.78 Å². The average molecular weight is 310 g/mol. The summed E-state index contributed by atoms with van der Waals surface area (Å²) in [6.45, 7) is 6.82. The van der Waals surface area contributed by atoms with Crippen LogP contribution in [0.2, 0.25) is 0 Å². The third kappa shape index (κ3) is 3.83. The molecule has 5 nitrogen and oxygen atoms in total. The van der Waals surface area contributed by atoms with Crippen molar-refractivity contribution in [3.63, 3.8) is 0 Å². The van der Waals surface area contributed by atoms with Crippen LogP contribution in [0.25, 0.3) is 0 Å². The number of ether oxygens (including phenoxy) is 1.